The molecule has 0 aromatic carbocycles. The zero-order chi connectivity index (χ0) is 18.1. The van der Waals surface area contributed by atoms with Crippen molar-refractivity contribution in [2.75, 3.05) is 12.3 Å². The topological polar surface area (TPSA) is 89.8 Å². The summed E-state index contributed by atoms with van der Waals surface area (Å²) < 4.78 is 29.5. The fourth-order valence-electron chi connectivity index (χ4n) is 2.42. The second-order valence-electron chi connectivity index (χ2n) is 6.23. The zero-order valence-electron chi connectivity index (χ0n) is 16.1. The number of hydrogen-bond acceptors (Lipinski definition) is 4. The SMILES string of the molecule is CCCCCCCCCCCC/C=C/C([O-])=NCCCS(=O)(=O)O.[Na+]. The van der Waals surface area contributed by atoms with Crippen LogP contribution < -0.4 is 34.7 Å². The van der Waals surface area contributed by atoms with E-state index in [1.54, 1.807) is 0 Å². The maximum Gasteiger partial charge on any atom is 1.00 e. The molecule has 1 N–H and O–H groups in total. The third-order valence-corrected chi connectivity index (χ3v) is 4.62. The fraction of sp³-hybridized carbons (Fsp3) is 0.833. The number of aliphatic imine (C=N–C) groups is 1. The summed E-state index contributed by atoms with van der Waals surface area (Å²) in [6, 6.07) is 0. The van der Waals surface area contributed by atoms with Crippen molar-refractivity contribution in [1.82, 2.24) is 0 Å². The molecule has 0 aliphatic heterocycles. The molecule has 0 spiro atoms. The summed E-state index contributed by atoms with van der Waals surface area (Å²) in [7, 11) is -3.95. The van der Waals surface area contributed by atoms with E-state index < -0.39 is 10.1 Å². The van der Waals surface area contributed by atoms with Crippen LogP contribution in [0.2, 0.25) is 0 Å². The van der Waals surface area contributed by atoms with Gasteiger partial charge in [0.15, 0.2) is 0 Å². The van der Waals surface area contributed by atoms with Gasteiger partial charge >= 0.3 is 29.6 Å². The van der Waals surface area contributed by atoms with E-state index in [1.165, 1.54) is 63.9 Å². The van der Waals surface area contributed by atoms with Crippen LogP contribution in [0.4, 0.5) is 0 Å². The molecule has 0 fully saturated rings. The van der Waals surface area contributed by atoms with Crippen molar-refractivity contribution < 1.29 is 47.6 Å². The second-order valence-corrected chi connectivity index (χ2v) is 7.80. The van der Waals surface area contributed by atoms with Gasteiger partial charge in [-0.15, -0.1) is 0 Å². The van der Waals surface area contributed by atoms with E-state index in [4.69, 9.17) is 4.55 Å². The van der Waals surface area contributed by atoms with Crippen molar-refractivity contribution in [1.29, 1.82) is 0 Å². The molecular formula is C18H34NNaO4S. The Kier molecular flexibility index (Phi) is 20.7. The van der Waals surface area contributed by atoms with E-state index in [-0.39, 0.29) is 54.2 Å². The smallest absolute Gasteiger partial charge is 0.859 e. The minimum absolute atomic E-state index is 0. The Hall–Kier alpha value is 0.120. The fourth-order valence-corrected chi connectivity index (χ4v) is 2.92. The first kappa shape index (κ1) is 27.3. The van der Waals surface area contributed by atoms with Gasteiger partial charge in [-0.05, 0) is 25.2 Å². The molecule has 0 aromatic heterocycles. The van der Waals surface area contributed by atoms with Gasteiger partial charge in [0, 0.05) is 6.54 Å². The van der Waals surface area contributed by atoms with Crippen LogP contribution >= 0.6 is 0 Å². The Morgan fingerprint density at radius 1 is 0.960 bits per heavy atom. The zero-order valence-corrected chi connectivity index (χ0v) is 18.9. The van der Waals surface area contributed by atoms with Gasteiger partial charge in [0.2, 0.25) is 0 Å². The standard InChI is InChI=1S/C18H35NO4S.Na/c1-2-3-4-5-6-7-8-9-10-11-12-13-15-18(20)19-16-14-17-24(21,22)23;/h13,15H,2-12,14,16-17H2,1H3,(H,19,20)(H,21,22,23);/q;+1/p-1/b15-13+;. The predicted molar refractivity (Wildman–Crippen MR) is 98.9 cm³/mol. The molecule has 0 saturated heterocycles. The van der Waals surface area contributed by atoms with Gasteiger partial charge in [0.25, 0.3) is 10.1 Å². The van der Waals surface area contributed by atoms with Crippen molar-refractivity contribution in [2.45, 2.75) is 84.0 Å². The molecule has 142 valence electrons. The molecule has 0 amide bonds. The van der Waals surface area contributed by atoms with Crippen molar-refractivity contribution in [3.8, 4) is 0 Å². The van der Waals surface area contributed by atoms with E-state index in [0.29, 0.717) is 0 Å². The van der Waals surface area contributed by atoms with Crippen LogP contribution in [0.3, 0.4) is 0 Å². The molecule has 0 aliphatic rings. The van der Waals surface area contributed by atoms with Crippen molar-refractivity contribution >= 4 is 16.0 Å². The maximum absolute atomic E-state index is 11.4. The summed E-state index contributed by atoms with van der Waals surface area (Å²) in [5.41, 5.74) is 0. The first-order valence-corrected chi connectivity index (χ1v) is 10.9. The van der Waals surface area contributed by atoms with Gasteiger partial charge in [0.05, 0.1) is 5.75 Å². The molecule has 0 saturated carbocycles. The van der Waals surface area contributed by atoms with Crippen molar-refractivity contribution in [3.05, 3.63) is 12.2 Å². The van der Waals surface area contributed by atoms with Crippen molar-refractivity contribution in [2.24, 2.45) is 4.99 Å². The summed E-state index contributed by atoms with van der Waals surface area (Å²) in [6.45, 7) is 2.36. The molecule has 0 radical (unpaired) electrons. The number of rotatable bonds is 16. The molecule has 0 unspecified atom stereocenters. The Morgan fingerprint density at radius 2 is 1.48 bits per heavy atom. The number of unbranched alkanes of at least 4 members (excludes halogenated alkanes) is 10. The molecular weight excluding hydrogens is 349 g/mol. The average Bonchev–Trinajstić information content (AvgIpc) is 2.52. The third-order valence-electron chi connectivity index (χ3n) is 3.81. The Balaban J connectivity index is 0. The van der Waals surface area contributed by atoms with Gasteiger partial charge in [-0.1, -0.05) is 76.9 Å². The summed E-state index contributed by atoms with van der Waals surface area (Å²) in [5, 5.41) is 11.4. The summed E-state index contributed by atoms with van der Waals surface area (Å²) in [5.74, 6) is -0.691. The molecule has 0 aliphatic carbocycles. The van der Waals surface area contributed by atoms with Crippen LogP contribution in [0.25, 0.3) is 0 Å². The van der Waals surface area contributed by atoms with Gasteiger partial charge in [-0.3, -0.25) is 4.55 Å². The molecule has 0 bridgehead atoms. The largest absolute Gasteiger partial charge is 1.00 e. The van der Waals surface area contributed by atoms with Crippen LogP contribution in [0.15, 0.2) is 17.1 Å². The van der Waals surface area contributed by atoms with Crippen molar-refractivity contribution in [3.63, 3.8) is 0 Å². The molecule has 0 aromatic rings. The number of hydrogen-bond donors (Lipinski definition) is 1. The Labute approximate surface area is 176 Å². The van der Waals surface area contributed by atoms with E-state index in [0.717, 1.165) is 12.8 Å². The second kappa shape index (κ2) is 18.9. The maximum atomic E-state index is 11.4. The van der Waals surface area contributed by atoms with E-state index in [1.807, 2.05) is 6.08 Å². The van der Waals surface area contributed by atoms with E-state index in [9.17, 15) is 13.5 Å². The van der Waals surface area contributed by atoms with E-state index in [2.05, 4.69) is 11.9 Å². The van der Waals surface area contributed by atoms with Gasteiger partial charge in [0.1, 0.15) is 0 Å². The number of nitrogens with zero attached hydrogens (tertiary/aromatic N) is 1. The average molecular weight is 384 g/mol. The van der Waals surface area contributed by atoms with Crippen LogP contribution in [-0.4, -0.2) is 31.2 Å². The minimum Gasteiger partial charge on any atom is -0.859 e. The van der Waals surface area contributed by atoms with Gasteiger partial charge in [-0.2, -0.15) is 8.42 Å². The molecule has 25 heavy (non-hydrogen) atoms. The normalized spacial score (nSPS) is 12.5. The minimum atomic E-state index is -3.95. The van der Waals surface area contributed by atoms with Gasteiger partial charge < -0.3 is 10.1 Å². The molecule has 5 nitrogen and oxygen atoms in total. The summed E-state index contributed by atoms with van der Waals surface area (Å²) >= 11 is 0. The Bertz CT molecular complexity index is 450. The quantitative estimate of drug-likeness (QED) is 0.141. The van der Waals surface area contributed by atoms with Gasteiger partial charge in [-0.25, -0.2) is 0 Å². The molecule has 0 atom stereocenters. The third kappa shape index (κ3) is 24.1. The first-order valence-electron chi connectivity index (χ1n) is 9.29. The molecule has 0 heterocycles. The summed E-state index contributed by atoms with van der Waals surface area (Å²) in [4.78, 5) is 3.71. The van der Waals surface area contributed by atoms with E-state index >= 15 is 0 Å². The summed E-state index contributed by atoms with van der Waals surface area (Å²) in [6.07, 6.45) is 17.2. The molecule has 7 heteroatoms. The van der Waals surface area contributed by atoms with Crippen LogP contribution in [0.1, 0.15) is 84.0 Å². The monoisotopic (exact) mass is 383 g/mol. The van der Waals surface area contributed by atoms with Crippen LogP contribution in [0.5, 0.6) is 0 Å². The van der Waals surface area contributed by atoms with Crippen LogP contribution in [0, 0.1) is 0 Å². The number of allylic oxidation sites excluding steroid dienone is 1. The van der Waals surface area contributed by atoms with Crippen LogP contribution in [-0.2, 0) is 10.1 Å². The molecule has 0 rings (SSSR count). The first-order chi connectivity index (χ1) is 11.5. The Morgan fingerprint density at radius 3 is 2.00 bits per heavy atom. The predicted octanol–water partition coefficient (Wildman–Crippen LogP) is 0.894.